The summed E-state index contributed by atoms with van der Waals surface area (Å²) in [5.41, 5.74) is 1.98. The van der Waals surface area contributed by atoms with Gasteiger partial charge >= 0.3 is 11.9 Å². The molecule has 0 radical (unpaired) electrons. The topological polar surface area (TPSA) is 69.7 Å². The highest BCUT2D eigenvalue weighted by Crippen LogP contribution is 2.33. The third-order valence-corrected chi connectivity index (χ3v) is 3.25. The highest BCUT2D eigenvalue weighted by atomic mass is 16.5. The molecule has 1 aliphatic carbocycles. The van der Waals surface area contributed by atoms with Crippen LogP contribution in [-0.4, -0.2) is 31.9 Å². The fraction of sp³-hybridized carbons (Fsp3) is 0.500. The van der Waals surface area contributed by atoms with E-state index in [2.05, 4.69) is 4.74 Å². The molecule has 0 atom stereocenters. The van der Waals surface area contributed by atoms with Crippen molar-refractivity contribution in [3.63, 3.8) is 0 Å². The van der Waals surface area contributed by atoms with E-state index in [0.29, 0.717) is 12.0 Å². The van der Waals surface area contributed by atoms with Crippen LogP contribution in [0.3, 0.4) is 0 Å². The maximum atomic E-state index is 11.7. The molecule has 0 unspecified atom stereocenters. The lowest BCUT2D eigenvalue weighted by atomic mass is 9.83. The number of carbonyl (C=O) groups excluding carboxylic acids is 3. The fourth-order valence-corrected chi connectivity index (χ4v) is 2.18. The molecule has 0 heterocycles. The smallest absolute Gasteiger partial charge is 0.334 e. The van der Waals surface area contributed by atoms with E-state index in [9.17, 15) is 14.4 Å². The number of hydrogen-bond donors (Lipinski definition) is 0. The largest absolute Gasteiger partial charge is 0.466 e. The molecule has 5 heteroatoms. The van der Waals surface area contributed by atoms with Gasteiger partial charge in [0.15, 0.2) is 5.78 Å². The SMILES string of the molecule is CCC1=C(C(C)=O)CC(C(=O)OC)=C(C(=O)OC)C1. The quantitative estimate of drug-likeness (QED) is 0.725. The minimum absolute atomic E-state index is 0.0813. The van der Waals surface area contributed by atoms with Crippen molar-refractivity contribution in [3.05, 3.63) is 22.3 Å². The van der Waals surface area contributed by atoms with Crippen LogP contribution in [0, 0.1) is 0 Å². The maximum Gasteiger partial charge on any atom is 0.334 e. The zero-order valence-electron chi connectivity index (χ0n) is 11.7. The van der Waals surface area contributed by atoms with Gasteiger partial charge in [-0.2, -0.15) is 0 Å². The predicted molar refractivity (Wildman–Crippen MR) is 68.3 cm³/mol. The van der Waals surface area contributed by atoms with Crippen molar-refractivity contribution in [1.82, 2.24) is 0 Å². The molecule has 1 rings (SSSR count). The Balaban J connectivity index is 3.26. The van der Waals surface area contributed by atoms with Crippen LogP contribution in [-0.2, 0) is 23.9 Å². The molecule has 0 spiro atoms. The van der Waals surface area contributed by atoms with Crippen LogP contribution < -0.4 is 0 Å². The number of esters is 2. The fourth-order valence-electron chi connectivity index (χ4n) is 2.18. The van der Waals surface area contributed by atoms with Crippen LogP contribution in [0.1, 0.15) is 33.1 Å². The van der Waals surface area contributed by atoms with Gasteiger partial charge in [-0.05, 0) is 18.9 Å². The third kappa shape index (κ3) is 3.10. The number of rotatable bonds is 4. The van der Waals surface area contributed by atoms with E-state index in [1.807, 2.05) is 6.92 Å². The third-order valence-electron chi connectivity index (χ3n) is 3.25. The van der Waals surface area contributed by atoms with Crippen molar-refractivity contribution in [3.8, 4) is 0 Å². The summed E-state index contributed by atoms with van der Waals surface area (Å²) in [6.45, 7) is 3.37. The van der Waals surface area contributed by atoms with Gasteiger partial charge in [-0.3, -0.25) is 4.79 Å². The van der Waals surface area contributed by atoms with E-state index >= 15 is 0 Å². The Bertz CT molecular complexity index is 482. The number of hydrogen-bond acceptors (Lipinski definition) is 5. The molecule has 1 aliphatic rings. The number of Topliss-reactive ketones (excluding diaryl/α,β-unsaturated/α-hetero) is 1. The van der Waals surface area contributed by atoms with Crippen molar-refractivity contribution < 1.29 is 23.9 Å². The first-order valence-electron chi connectivity index (χ1n) is 6.06. The molecular weight excluding hydrogens is 248 g/mol. The van der Waals surface area contributed by atoms with Crippen molar-refractivity contribution in [2.24, 2.45) is 0 Å². The Morgan fingerprint density at radius 3 is 1.79 bits per heavy atom. The van der Waals surface area contributed by atoms with Gasteiger partial charge in [-0.15, -0.1) is 0 Å². The Hall–Kier alpha value is -1.91. The lowest BCUT2D eigenvalue weighted by Crippen LogP contribution is -2.21. The lowest BCUT2D eigenvalue weighted by Gasteiger charge is -2.22. The molecule has 0 aromatic heterocycles. The Morgan fingerprint density at radius 2 is 1.42 bits per heavy atom. The summed E-state index contributed by atoms with van der Waals surface area (Å²) in [6.07, 6.45) is 1.06. The van der Waals surface area contributed by atoms with Gasteiger partial charge in [-0.1, -0.05) is 12.5 Å². The van der Waals surface area contributed by atoms with E-state index in [1.54, 1.807) is 0 Å². The molecule has 0 N–H and O–H groups in total. The van der Waals surface area contributed by atoms with Gasteiger partial charge < -0.3 is 9.47 Å². The summed E-state index contributed by atoms with van der Waals surface area (Å²) in [5, 5.41) is 0. The summed E-state index contributed by atoms with van der Waals surface area (Å²) in [6, 6.07) is 0. The van der Waals surface area contributed by atoms with Crippen LogP contribution in [0.4, 0.5) is 0 Å². The molecule has 104 valence electrons. The first-order chi connectivity index (χ1) is 8.96. The Morgan fingerprint density at radius 1 is 0.947 bits per heavy atom. The highest BCUT2D eigenvalue weighted by Gasteiger charge is 2.30. The summed E-state index contributed by atoms with van der Waals surface area (Å²) < 4.78 is 9.36. The molecule has 0 aliphatic heterocycles. The molecule has 0 aromatic rings. The van der Waals surface area contributed by atoms with Crippen molar-refractivity contribution in [2.75, 3.05) is 14.2 Å². The van der Waals surface area contributed by atoms with Gasteiger partial charge in [0.1, 0.15) is 0 Å². The van der Waals surface area contributed by atoms with E-state index in [1.165, 1.54) is 21.1 Å². The van der Waals surface area contributed by atoms with E-state index in [-0.39, 0.29) is 29.8 Å². The molecule has 0 bridgehead atoms. The van der Waals surface area contributed by atoms with Crippen LogP contribution in [0.15, 0.2) is 22.3 Å². The first kappa shape index (κ1) is 15.1. The minimum atomic E-state index is -0.589. The van der Waals surface area contributed by atoms with E-state index in [4.69, 9.17) is 4.74 Å². The normalized spacial score (nSPS) is 15.4. The monoisotopic (exact) mass is 266 g/mol. The van der Waals surface area contributed by atoms with Gasteiger partial charge in [-0.25, -0.2) is 9.59 Å². The molecule has 0 saturated heterocycles. The second-order valence-electron chi connectivity index (χ2n) is 4.29. The summed E-state index contributed by atoms with van der Waals surface area (Å²) in [4.78, 5) is 35.1. The predicted octanol–water partition coefficient (Wildman–Crippen LogP) is 1.72. The van der Waals surface area contributed by atoms with Crippen molar-refractivity contribution in [1.29, 1.82) is 0 Å². The van der Waals surface area contributed by atoms with Crippen LogP contribution >= 0.6 is 0 Å². The lowest BCUT2D eigenvalue weighted by molar-refractivity contribution is -0.139. The standard InChI is InChI=1S/C14H18O5/c1-5-9-6-11(13(16)18-3)12(14(17)19-4)7-10(9)8(2)15/h5-7H2,1-4H3. The number of methoxy groups -OCH3 is 2. The number of allylic oxidation sites excluding steroid dienone is 2. The minimum Gasteiger partial charge on any atom is -0.466 e. The van der Waals surface area contributed by atoms with Crippen molar-refractivity contribution in [2.45, 2.75) is 33.1 Å². The first-order valence-corrected chi connectivity index (χ1v) is 6.06. The molecule has 0 amide bonds. The molecule has 5 nitrogen and oxygen atoms in total. The van der Waals surface area contributed by atoms with Gasteiger partial charge in [0.05, 0.1) is 25.4 Å². The van der Waals surface area contributed by atoms with E-state index < -0.39 is 11.9 Å². The molecule has 19 heavy (non-hydrogen) atoms. The molecule has 0 aromatic carbocycles. The van der Waals surface area contributed by atoms with Crippen LogP contribution in [0.2, 0.25) is 0 Å². The zero-order valence-corrected chi connectivity index (χ0v) is 11.7. The summed E-state index contributed by atoms with van der Waals surface area (Å²) in [7, 11) is 2.51. The zero-order chi connectivity index (χ0) is 14.6. The number of ketones is 1. The number of ether oxygens (including phenoxy) is 2. The average molecular weight is 266 g/mol. The highest BCUT2D eigenvalue weighted by molar-refractivity contribution is 6.05. The maximum absolute atomic E-state index is 11.7. The number of carbonyl (C=O) groups is 3. The summed E-state index contributed by atoms with van der Waals surface area (Å²) in [5.74, 6) is -1.22. The second kappa shape index (κ2) is 6.31. The average Bonchev–Trinajstić information content (AvgIpc) is 2.43. The Kier molecular flexibility index (Phi) is 5.03. The van der Waals surface area contributed by atoms with E-state index in [0.717, 1.165) is 5.57 Å². The molecular formula is C14H18O5. The van der Waals surface area contributed by atoms with Crippen molar-refractivity contribution >= 4 is 17.7 Å². The van der Waals surface area contributed by atoms with Crippen LogP contribution in [0.25, 0.3) is 0 Å². The summed E-state index contributed by atoms with van der Waals surface area (Å²) >= 11 is 0. The van der Waals surface area contributed by atoms with Gasteiger partial charge in [0.2, 0.25) is 0 Å². The molecule has 0 saturated carbocycles. The second-order valence-corrected chi connectivity index (χ2v) is 4.29. The molecule has 0 fully saturated rings. The van der Waals surface area contributed by atoms with Gasteiger partial charge in [0, 0.05) is 12.8 Å². The Labute approximate surface area is 112 Å². The van der Waals surface area contributed by atoms with Crippen LogP contribution in [0.5, 0.6) is 0 Å². The van der Waals surface area contributed by atoms with Gasteiger partial charge in [0.25, 0.3) is 0 Å².